The Labute approximate surface area is 120 Å². The van der Waals surface area contributed by atoms with Crippen molar-refractivity contribution in [1.82, 2.24) is 10.0 Å². The number of amides is 3. The van der Waals surface area contributed by atoms with Crippen molar-refractivity contribution in [3.8, 4) is 0 Å². The minimum atomic E-state index is -1.14. The van der Waals surface area contributed by atoms with Gasteiger partial charge in [-0.25, -0.2) is 19.6 Å². The number of hydrazine groups is 1. The van der Waals surface area contributed by atoms with Crippen molar-refractivity contribution >= 4 is 17.8 Å². The molecule has 0 saturated carbocycles. The Morgan fingerprint density at radius 2 is 2.00 bits per heavy atom. The maximum atomic E-state index is 12.3. The second kappa shape index (κ2) is 5.23. The van der Waals surface area contributed by atoms with E-state index in [0.29, 0.717) is 5.69 Å². The number of aliphatic hydroxyl groups is 2. The summed E-state index contributed by atoms with van der Waals surface area (Å²) in [5, 5.41) is 24.4. The van der Waals surface area contributed by atoms with E-state index in [2.05, 4.69) is 5.32 Å². The average Bonchev–Trinajstić information content (AvgIpc) is 2.86. The Morgan fingerprint density at radius 1 is 1.29 bits per heavy atom. The van der Waals surface area contributed by atoms with Crippen molar-refractivity contribution in [2.24, 2.45) is 0 Å². The monoisotopic (exact) mass is 293 g/mol. The van der Waals surface area contributed by atoms with Crippen molar-refractivity contribution in [1.29, 1.82) is 0 Å². The van der Waals surface area contributed by atoms with Gasteiger partial charge in [0.2, 0.25) is 0 Å². The number of hydrogen-bond acceptors (Lipinski definition) is 5. The molecule has 0 aliphatic carbocycles. The number of nitrogens with zero attached hydrogens (tertiary/aromatic N) is 2. The normalized spacial score (nSPS) is 28.1. The summed E-state index contributed by atoms with van der Waals surface area (Å²) in [4.78, 5) is 24.0. The lowest BCUT2D eigenvalue weighted by molar-refractivity contribution is -0.120. The van der Waals surface area contributed by atoms with Crippen molar-refractivity contribution in [3.63, 3.8) is 0 Å². The van der Waals surface area contributed by atoms with Crippen LogP contribution in [-0.2, 0) is 4.74 Å². The van der Waals surface area contributed by atoms with Crippen LogP contribution in [0.2, 0.25) is 0 Å². The molecule has 2 saturated heterocycles. The van der Waals surface area contributed by atoms with E-state index >= 15 is 0 Å². The highest BCUT2D eigenvalue weighted by Crippen LogP contribution is 2.26. The van der Waals surface area contributed by atoms with Crippen molar-refractivity contribution in [3.05, 3.63) is 30.3 Å². The molecule has 1 aromatic rings. The first-order valence-corrected chi connectivity index (χ1v) is 6.53. The van der Waals surface area contributed by atoms with Crippen LogP contribution in [-0.4, -0.2) is 63.8 Å². The maximum absolute atomic E-state index is 12.3. The number of cyclic esters (lactones) is 1. The van der Waals surface area contributed by atoms with Gasteiger partial charge >= 0.3 is 12.1 Å². The van der Waals surface area contributed by atoms with Crippen LogP contribution in [0.4, 0.5) is 15.3 Å². The molecule has 0 spiro atoms. The summed E-state index contributed by atoms with van der Waals surface area (Å²) in [6, 6.07) is 7.40. The lowest BCUT2D eigenvalue weighted by Gasteiger charge is -2.42. The van der Waals surface area contributed by atoms with Gasteiger partial charge in [-0.3, -0.25) is 0 Å². The molecule has 1 aromatic carbocycles. The zero-order valence-electron chi connectivity index (χ0n) is 11.0. The first kappa shape index (κ1) is 13.7. The quantitative estimate of drug-likeness (QED) is 0.676. The van der Waals surface area contributed by atoms with Crippen LogP contribution < -0.4 is 5.32 Å². The number of para-hydroxylation sites is 1. The molecule has 2 aliphatic heterocycles. The van der Waals surface area contributed by atoms with E-state index in [1.54, 1.807) is 24.3 Å². The number of urea groups is 1. The number of carbonyl (C=O) groups excluding carboxylic acids is 2. The lowest BCUT2D eigenvalue weighted by Crippen LogP contribution is -2.65. The summed E-state index contributed by atoms with van der Waals surface area (Å²) in [7, 11) is 0. The third kappa shape index (κ3) is 2.39. The van der Waals surface area contributed by atoms with Gasteiger partial charge in [-0.15, -0.1) is 0 Å². The van der Waals surface area contributed by atoms with E-state index in [4.69, 9.17) is 4.74 Å². The highest BCUT2D eigenvalue weighted by atomic mass is 16.6. The van der Waals surface area contributed by atoms with Crippen LogP contribution in [0, 0.1) is 0 Å². The lowest BCUT2D eigenvalue weighted by atomic mass is 10.0. The van der Waals surface area contributed by atoms with Crippen molar-refractivity contribution in [2.45, 2.75) is 18.2 Å². The molecule has 0 unspecified atom stereocenters. The topological polar surface area (TPSA) is 102 Å². The first-order chi connectivity index (χ1) is 10.1. The highest BCUT2D eigenvalue weighted by Gasteiger charge is 2.50. The van der Waals surface area contributed by atoms with Crippen LogP contribution in [0.1, 0.15) is 0 Å². The fourth-order valence-corrected chi connectivity index (χ4v) is 2.47. The van der Waals surface area contributed by atoms with Gasteiger partial charge < -0.3 is 20.3 Å². The van der Waals surface area contributed by atoms with E-state index in [0.717, 1.165) is 10.0 Å². The smallest absolute Gasteiger partial charge is 0.429 e. The number of nitrogens with one attached hydrogen (secondary N) is 1. The van der Waals surface area contributed by atoms with E-state index in [1.165, 1.54) is 0 Å². The Kier molecular flexibility index (Phi) is 3.40. The summed E-state index contributed by atoms with van der Waals surface area (Å²) in [6.07, 6.45) is -2.99. The van der Waals surface area contributed by atoms with Crippen LogP contribution in [0.25, 0.3) is 0 Å². The van der Waals surface area contributed by atoms with Gasteiger partial charge in [0.15, 0.2) is 0 Å². The molecule has 0 radical (unpaired) electrons. The summed E-state index contributed by atoms with van der Waals surface area (Å²) in [5.74, 6) is 0. The number of rotatable bonds is 1. The fourth-order valence-electron chi connectivity index (χ4n) is 2.47. The Hall–Kier alpha value is -2.32. The number of aliphatic hydroxyl groups excluding tert-OH is 2. The summed E-state index contributed by atoms with van der Waals surface area (Å²) >= 11 is 0. The van der Waals surface area contributed by atoms with Crippen LogP contribution >= 0.6 is 0 Å². The number of ether oxygens (including phenoxy) is 1. The van der Waals surface area contributed by atoms with Crippen molar-refractivity contribution < 1.29 is 24.5 Å². The Balaban J connectivity index is 1.79. The predicted octanol–water partition coefficient (Wildman–Crippen LogP) is -0.00830. The second-order valence-electron chi connectivity index (χ2n) is 4.93. The molecule has 3 N–H and O–H groups in total. The summed E-state index contributed by atoms with van der Waals surface area (Å²) in [6.45, 7) is -0.252. The van der Waals surface area contributed by atoms with Gasteiger partial charge in [0.1, 0.15) is 24.9 Å². The van der Waals surface area contributed by atoms with Gasteiger partial charge in [-0.2, -0.15) is 0 Å². The number of carbonyl (C=O) groups is 2. The second-order valence-corrected chi connectivity index (χ2v) is 4.93. The average molecular weight is 293 g/mol. The van der Waals surface area contributed by atoms with Gasteiger partial charge in [-0.1, -0.05) is 18.2 Å². The van der Waals surface area contributed by atoms with Crippen LogP contribution in [0.5, 0.6) is 0 Å². The molecular weight excluding hydrogens is 278 g/mol. The minimum absolute atomic E-state index is 0.0633. The van der Waals surface area contributed by atoms with Crippen molar-refractivity contribution in [2.75, 3.05) is 18.5 Å². The largest absolute Gasteiger partial charge is 0.446 e. The van der Waals surface area contributed by atoms with E-state index in [9.17, 15) is 19.8 Å². The third-order valence-corrected chi connectivity index (χ3v) is 3.55. The molecule has 8 nitrogen and oxygen atoms in total. The van der Waals surface area contributed by atoms with E-state index < -0.39 is 30.4 Å². The predicted molar refractivity (Wildman–Crippen MR) is 71.2 cm³/mol. The number of benzene rings is 1. The third-order valence-electron chi connectivity index (χ3n) is 3.55. The minimum Gasteiger partial charge on any atom is -0.446 e. The molecule has 8 heteroatoms. The molecular formula is C13H15N3O5. The summed E-state index contributed by atoms with van der Waals surface area (Å²) < 4.78 is 4.84. The number of anilines is 1. The molecule has 2 heterocycles. The number of hydrogen-bond donors (Lipinski definition) is 3. The van der Waals surface area contributed by atoms with Crippen LogP contribution in [0.3, 0.4) is 0 Å². The molecule has 112 valence electrons. The molecule has 0 bridgehead atoms. The first-order valence-electron chi connectivity index (χ1n) is 6.53. The molecule has 3 amide bonds. The van der Waals surface area contributed by atoms with Crippen LogP contribution in [0.15, 0.2) is 30.3 Å². The number of fused-ring (bicyclic) bond motifs is 1. The zero-order valence-corrected chi connectivity index (χ0v) is 11.0. The Bertz CT molecular complexity index is 552. The zero-order chi connectivity index (χ0) is 15.0. The molecule has 3 atom stereocenters. The van der Waals surface area contributed by atoms with Gasteiger partial charge in [-0.05, 0) is 12.1 Å². The molecule has 21 heavy (non-hydrogen) atoms. The SMILES string of the molecule is O=C(Nc1ccccc1)N1C[C@@H](O)[C@H](O)[C@@H]2COC(=O)N21. The summed E-state index contributed by atoms with van der Waals surface area (Å²) in [5.41, 5.74) is 0.562. The van der Waals surface area contributed by atoms with Gasteiger partial charge in [0, 0.05) is 5.69 Å². The maximum Gasteiger partial charge on any atom is 0.429 e. The molecule has 2 aliphatic rings. The highest BCUT2D eigenvalue weighted by molar-refractivity contribution is 5.90. The fraction of sp³-hybridized carbons (Fsp3) is 0.385. The molecule has 0 aromatic heterocycles. The molecule has 3 rings (SSSR count). The Morgan fingerprint density at radius 3 is 2.71 bits per heavy atom. The van der Waals surface area contributed by atoms with Gasteiger partial charge in [0.25, 0.3) is 0 Å². The van der Waals surface area contributed by atoms with E-state index in [1.807, 2.05) is 6.07 Å². The number of β-amino-alcohol motifs (C(OH)–C–C–N with tert-alkyl or cyclic N) is 1. The standard InChI is InChI=1S/C13H15N3O5/c17-10-6-15(12(19)14-8-4-2-1-3-5-8)16-9(11(10)18)7-21-13(16)20/h1-5,9-11,17-18H,6-7H2,(H,14,19)/t9-,10+,11+/m0/s1. The van der Waals surface area contributed by atoms with Gasteiger partial charge in [0.05, 0.1) is 6.54 Å². The molecule has 2 fully saturated rings. The van der Waals surface area contributed by atoms with E-state index in [-0.39, 0.29) is 13.2 Å².